The van der Waals surface area contributed by atoms with E-state index in [9.17, 15) is 40.5 Å². The summed E-state index contributed by atoms with van der Waals surface area (Å²) in [6.45, 7) is 0.721. The molecule has 228 valence electrons. The van der Waals surface area contributed by atoms with E-state index in [4.69, 9.17) is 28.1 Å². The third-order valence-corrected chi connectivity index (χ3v) is 7.33. The molecule has 0 amide bonds. The highest BCUT2D eigenvalue weighted by atomic mass is 16.8. The van der Waals surface area contributed by atoms with Crippen LogP contribution in [-0.2, 0) is 14.2 Å². The van der Waals surface area contributed by atoms with Crippen LogP contribution in [-0.4, -0.2) is 111 Å². The van der Waals surface area contributed by atoms with Crippen LogP contribution in [0.2, 0.25) is 0 Å². The topological polar surface area (TPSA) is 218 Å². The third kappa shape index (κ3) is 5.68. The highest BCUT2D eigenvalue weighted by Crippen LogP contribution is 2.35. The molecule has 2 aromatic carbocycles. The predicted octanol–water partition coefficient (Wildman–Crippen LogP) is -0.795. The van der Waals surface area contributed by atoms with E-state index in [1.54, 1.807) is 24.3 Å². The largest absolute Gasteiger partial charge is 0.507 e. The van der Waals surface area contributed by atoms with Crippen molar-refractivity contribution in [3.8, 4) is 28.6 Å². The summed E-state index contributed by atoms with van der Waals surface area (Å²) in [4.78, 5) is 12.9. The van der Waals surface area contributed by atoms with Crippen LogP contribution in [0.25, 0.3) is 22.3 Å². The second-order valence-corrected chi connectivity index (χ2v) is 10.1. The molecule has 10 atom stereocenters. The van der Waals surface area contributed by atoms with Crippen molar-refractivity contribution in [1.29, 1.82) is 0 Å². The molecule has 0 spiro atoms. The van der Waals surface area contributed by atoms with Crippen molar-refractivity contribution in [2.24, 2.45) is 0 Å². The molecule has 1 aromatic heterocycles. The van der Waals surface area contributed by atoms with Gasteiger partial charge in [0.15, 0.2) is 17.8 Å². The Hall–Kier alpha value is -3.31. The number of aromatic hydroxyl groups is 1. The van der Waals surface area contributed by atoms with Crippen LogP contribution < -0.4 is 14.9 Å². The molecule has 14 nitrogen and oxygen atoms in total. The molecule has 2 aliphatic rings. The van der Waals surface area contributed by atoms with Gasteiger partial charge in [-0.05, 0) is 31.2 Å². The van der Waals surface area contributed by atoms with Gasteiger partial charge in [-0.1, -0.05) is 0 Å². The predicted molar refractivity (Wildman–Crippen MR) is 142 cm³/mol. The fourth-order valence-electron chi connectivity index (χ4n) is 4.92. The Kier molecular flexibility index (Phi) is 8.71. The first-order valence-corrected chi connectivity index (χ1v) is 13.1. The fraction of sp³-hybridized carbons (Fsp3) is 0.464. The van der Waals surface area contributed by atoms with Gasteiger partial charge in [-0.3, -0.25) is 4.79 Å². The summed E-state index contributed by atoms with van der Waals surface area (Å²) in [6.07, 6.45) is -15.2. The summed E-state index contributed by atoms with van der Waals surface area (Å²) in [6, 6.07) is 10.4. The standard InChI is InChI=1S/C28H32O14/c1-11-21(32)23(34)25(36)27(38-11)42-26-24(35)22(33)19(10-29)41-28(26)39-14-7-15(30)20-16(31)9-17(40-18(20)8-14)12-3-5-13(37-2)6-4-12/h3-9,11,19,21-30,32-36H,10H2,1-2H3/t11-,19-,21+,22-,23+,24-,25+,26+,27+,28-/m1/s1. The van der Waals surface area contributed by atoms with Crippen molar-refractivity contribution in [3.05, 3.63) is 52.7 Å². The zero-order chi connectivity index (χ0) is 30.3. The van der Waals surface area contributed by atoms with Crippen molar-refractivity contribution in [2.45, 2.75) is 68.3 Å². The molecule has 7 N–H and O–H groups in total. The average Bonchev–Trinajstić information content (AvgIpc) is 2.97. The van der Waals surface area contributed by atoms with Gasteiger partial charge in [-0.2, -0.15) is 0 Å². The Morgan fingerprint density at radius 2 is 1.55 bits per heavy atom. The molecule has 42 heavy (non-hydrogen) atoms. The number of fused-ring (bicyclic) bond motifs is 1. The third-order valence-electron chi connectivity index (χ3n) is 7.33. The summed E-state index contributed by atoms with van der Waals surface area (Å²) in [5, 5.41) is 72.1. The number of aliphatic hydroxyl groups is 6. The van der Waals surface area contributed by atoms with Crippen LogP contribution in [0.4, 0.5) is 0 Å². The van der Waals surface area contributed by atoms with Crippen molar-refractivity contribution >= 4 is 11.0 Å². The molecule has 2 aliphatic heterocycles. The van der Waals surface area contributed by atoms with E-state index in [1.807, 2.05) is 0 Å². The minimum Gasteiger partial charge on any atom is -0.507 e. The minimum atomic E-state index is -1.75. The first-order chi connectivity index (χ1) is 20.0. The Morgan fingerprint density at radius 1 is 0.833 bits per heavy atom. The van der Waals surface area contributed by atoms with E-state index in [0.717, 1.165) is 6.07 Å². The van der Waals surface area contributed by atoms with E-state index in [2.05, 4.69) is 0 Å². The molecule has 0 bridgehead atoms. The van der Waals surface area contributed by atoms with Gasteiger partial charge in [0.05, 0.1) is 19.8 Å². The number of methoxy groups -OCH3 is 1. The van der Waals surface area contributed by atoms with Crippen LogP contribution in [0.5, 0.6) is 17.2 Å². The van der Waals surface area contributed by atoms with Gasteiger partial charge in [0, 0.05) is 23.8 Å². The maximum atomic E-state index is 12.9. The van der Waals surface area contributed by atoms with Gasteiger partial charge in [0.25, 0.3) is 0 Å². The summed E-state index contributed by atoms with van der Waals surface area (Å²) in [5.74, 6) is 0.197. The number of phenols is 1. The smallest absolute Gasteiger partial charge is 0.229 e. The van der Waals surface area contributed by atoms with Gasteiger partial charge in [-0.25, -0.2) is 0 Å². The molecule has 2 saturated heterocycles. The number of ether oxygens (including phenoxy) is 5. The van der Waals surface area contributed by atoms with Crippen LogP contribution in [0.1, 0.15) is 6.92 Å². The maximum Gasteiger partial charge on any atom is 0.229 e. The second-order valence-electron chi connectivity index (χ2n) is 10.1. The van der Waals surface area contributed by atoms with Gasteiger partial charge < -0.3 is 63.8 Å². The zero-order valence-electron chi connectivity index (χ0n) is 22.5. The first kappa shape index (κ1) is 30.2. The molecule has 5 rings (SSSR count). The lowest BCUT2D eigenvalue weighted by Crippen LogP contribution is -2.64. The summed E-state index contributed by atoms with van der Waals surface area (Å²) in [7, 11) is 1.52. The number of phenolic OH excluding ortho intramolecular Hbond substituents is 1. The van der Waals surface area contributed by atoms with Crippen LogP contribution in [0, 0.1) is 0 Å². The quantitative estimate of drug-likeness (QED) is 0.179. The lowest BCUT2D eigenvalue weighted by Gasteiger charge is -2.45. The molecule has 0 unspecified atom stereocenters. The van der Waals surface area contributed by atoms with Crippen LogP contribution in [0.15, 0.2) is 51.7 Å². The van der Waals surface area contributed by atoms with E-state index in [0.29, 0.717) is 11.3 Å². The monoisotopic (exact) mass is 592 g/mol. The molecular formula is C28H32O14. The molecule has 2 fully saturated rings. The van der Waals surface area contributed by atoms with Crippen molar-refractivity contribution < 1.29 is 63.8 Å². The van der Waals surface area contributed by atoms with Crippen LogP contribution in [0.3, 0.4) is 0 Å². The van der Waals surface area contributed by atoms with Crippen molar-refractivity contribution in [2.75, 3.05) is 13.7 Å². The van der Waals surface area contributed by atoms with Crippen molar-refractivity contribution in [3.63, 3.8) is 0 Å². The molecule has 3 aromatic rings. The molecule has 14 heteroatoms. The van der Waals surface area contributed by atoms with Crippen molar-refractivity contribution in [1.82, 2.24) is 0 Å². The van der Waals surface area contributed by atoms with Gasteiger partial charge in [-0.15, -0.1) is 0 Å². The molecule has 3 heterocycles. The highest BCUT2D eigenvalue weighted by Gasteiger charge is 2.50. The normalized spacial score (nSPS) is 33.4. The fourth-order valence-corrected chi connectivity index (χ4v) is 4.92. The Morgan fingerprint density at radius 3 is 2.21 bits per heavy atom. The first-order valence-electron chi connectivity index (χ1n) is 13.1. The SMILES string of the molecule is COc1ccc(-c2cc(=O)c3c(O)cc(O[C@@H]4O[C@H](CO)[C@@H](O)[C@@H](O)[C@@H]4O[C@@H]4O[C@H](C)[C@H](O)[C@H](O)[C@@H]4O)cc3o2)cc1. The lowest BCUT2D eigenvalue weighted by atomic mass is 9.97. The molecule has 0 radical (unpaired) electrons. The summed E-state index contributed by atoms with van der Waals surface area (Å²) < 4.78 is 33.7. The highest BCUT2D eigenvalue weighted by molar-refractivity contribution is 5.86. The Bertz CT molecular complexity index is 1440. The van der Waals surface area contributed by atoms with E-state index in [1.165, 1.54) is 26.2 Å². The van der Waals surface area contributed by atoms with Crippen LogP contribution >= 0.6 is 0 Å². The van der Waals surface area contributed by atoms with E-state index < -0.39 is 79.2 Å². The molecule has 0 aliphatic carbocycles. The van der Waals surface area contributed by atoms with Gasteiger partial charge in [0.2, 0.25) is 6.29 Å². The van der Waals surface area contributed by atoms with E-state index >= 15 is 0 Å². The average molecular weight is 593 g/mol. The number of hydrogen-bond donors (Lipinski definition) is 7. The second kappa shape index (κ2) is 12.1. The summed E-state index contributed by atoms with van der Waals surface area (Å²) in [5.41, 5.74) is -0.0218. The lowest BCUT2D eigenvalue weighted by molar-refractivity contribution is -0.354. The molecular weight excluding hydrogens is 560 g/mol. The number of hydrogen-bond acceptors (Lipinski definition) is 14. The zero-order valence-corrected chi connectivity index (χ0v) is 22.5. The molecule has 0 saturated carbocycles. The number of aliphatic hydroxyl groups excluding tert-OH is 6. The number of benzene rings is 2. The van der Waals surface area contributed by atoms with Gasteiger partial charge >= 0.3 is 0 Å². The Balaban J connectivity index is 1.47. The van der Waals surface area contributed by atoms with Gasteiger partial charge in [0.1, 0.15) is 70.6 Å². The summed E-state index contributed by atoms with van der Waals surface area (Å²) >= 11 is 0. The minimum absolute atomic E-state index is 0.0483. The number of rotatable bonds is 7. The maximum absolute atomic E-state index is 12.9. The Labute approximate surface area is 238 Å². The van der Waals surface area contributed by atoms with E-state index in [-0.39, 0.29) is 22.5 Å².